The van der Waals surface area contributed by atoms with Crippen LogP contribution in [-0.2, 0) is 15.6 Å². The van der Waals surface area contributed by atoms with Crippen LogP contribution in [0.4, 0.5) is 0 Å². The van der Waals surface area contributed by atoms with E-state index >= 15 is 0 Å². The summed E-state index contributed by atoms with van der Waals surface area (Å²) in [6.45, 7) is 32.3. The summed E-state index contributed by atoms with van der Waals surface area (Å²) in [6, 6.07) is 22.9. The zero-order valence-electron chi connectivity index (χ0n) is 36.0. The minimum absolute atomic E-state index is 0.00393. The van der Waals surface area contributed by atoms with Gasteiger partial charge in [0.15, 0.2) is 0 Å². The SMILES string of the molecule is Cc1cc(C)c(-c2cc(Oc3cc4c(cc3C)C(C)(C)c3cc(C(C)(C)C)cc5c6cc(C)cnc6n-4c35)cc(C3=N[C@H](C(C(C)C)C(C)C)CO3)c2)c(C)c1. The maximum Gasteiger partial charge on any atom is 0.216 e. The van der Waals surface area contributed by atoms with E-state index in [1.807, 2.05) is 6.20 Å². The lowest BCUT2D eigenvalue weighted by Crippen LogP contribution is -2.29. The van der Waals surface area contributed by atoms with Crippen molar-refractivity contribution in [2.75, 3.05) is 6.61 Å². The minimum Gasteiger partial charge on any atom is -0.475 e. The number of pyridine rings is 1. The van der Waals surface area contributed by atoms with Gasteiger partial charge in [-0.3, -0.25) is 4.57 Å². The fourth-order valence-corrected chi connectivity index (χ4v) is 9.98. The molecule has 0 saturated carbocycles. The summed E-state index contributed by atoms with van der Waals surface area (Å²) in [5.74, 6) is 3.75. The number of benzene rings is 4. The van der Waals surface area contributed by atoms with E-state index in [0.29, 0.717) is 30.3 Å². The van der Waals surface area contributed by atoms with E-state index in [4.69, 9.17) is 19.5 Å². The molecule has 5 nitrogen and oxygen atoms in total. The summed E-state index contributed by atoms with van der Waals surface area (Å²) < 4.78 is 15.9. The molecule has 0 saturated heterocycles. The van der Waals surface area contributed by atoms with Crippen molar-refractivity contribution in [3.05, 3.63) is 117 Å². The van der Waals surface area contributed by atoms with Gasteiger partial charge in [0.25, 0.3) is 0 Å². The summed E-state index contributed by atoms with van der Waals surface area (Å²) in [5, 5.41) is 2.45. The van der Waals surface area contributed by atoms with Crippen LogP contribution in [0.1, 0.15) is 112 Å². The predicted octanol–water partition coefficient (Wildman–Crippen LogP) is 13.2. The second-order valence-electron chi connectivity index (χ2n) is 19.1. The Kier molecular flexibility index (Phi) is 9.06. The molecule has 4 aromatic carbocycles. The lowest BCUT2D eigenvalue weighted by atomic mass is 9.72. The normalized spacial score (nSPS) is 16.3. The summed E-state index contributed by atoms with van der Waals surface area (Å²) >= 11 is 0. The van der Waals surface area contributed by atoms with Gasteiger partial charge in [0.2, 0.25) is 5.90 Å². The first-order valence-corrected chi connectivity index (χ1v) is 20.6. The molecule has 1 atom stereocenters. The number of ether oxygens (including phenoxy) is 2. The van der Waals surface area contributed by atoms with E-state index in [2.05, 4.69) is 162 Å². The monoisotopic (exact) mass is 745 g/mol. The highest BCUT2D eigenvalue weighted by atomic mass is 16.5. The molecule has 0 bridgehead atoms. The van der Waals surface area contributed by atoms with Crippen molar-refractivity contribution in [3.8, 4) is 28.3 Å². The Morgan fingerprint density at radius 1 is 0.750 bits per heavy atom. The number of nitrogens with zero attached hydrogens (tertiary/aromatic N) is 3. The highest BCUT2D eigenvalue weighted by Gasteiger charge is 2.38. The Balaban J connectivity index is 1.31. The number of hydrogen-bond donors (Lipinski definition) is 0. The van der Waals surface area contributed by atoms with Gasteiger partial charge in [0.1, 0.15) is 23.8 Å². The third-order valence-electron chi connectivity index (χ3n) is 12.6. The highest BCUT2D eigenvalue weighted by molar-refractivity contribution is 6.11. The van der Waals surface area contributed by atoms with E-state index in [0.717, 1.165) is 45.1 Å². The van der Waals surface area contributed by atoms with Crippen molar-refractivity contribution in [2.45, 2.75) is 114 Å². The molecular formula is C51H59N3O2. The van der Waals surface area contributed by atoms with Crippen molar-refractivity contribution < 1.29 is 9.47 Å². The lowest BCUT2D eigenvalue weighted by molar-refractivity contribution is 0.198. The van der Waals surface area contributed by atoms with E-state index in [1.165, 1.54) is 55.2 Å². The summed E-state index contributed by atoms with van der Waals surface area (Å²) in [7, 11) is 0. The molecule has 2 aliphatic heterocycles. The first kappa shape index (κ1) is 38.0. The Labute approximate surface area is 334 Å². The number of aromatic nitrogens is 2. The first-order chi connectivity index (χ1) is 26.3. The van der Waals surface area contributed by atoms with Crippen LogP contribution in [0.15, 0.2) is 71.9 Å². The summed E-state index contributed by atoms with van der Waals surface area (Å²) in [4.78, 5) is 10.4. The van der Waals surface area contributed by atoms with Crippen LogP contribution in [0, 0.1) is 52.4 Å². The molecular weight excluding hydrogens is 687 g/mol. The lowest BCUT2D eigenvalue weighted by Gasteiger charge is -2.36. The molecule has 0 amide bonds. The van der Waals surface area contributed by atoms with Crippen molar-refractivity contribution in [3.63, 3.8) is 0 Å². The van der Waals surface area contributed by atoms with Gasteiger partial charge < -0.3 is 9.47 Å². The molecule has 0 unspecified atom stereocenters. The summed E-state index contributed by atoms with van der Waals surface area (Å²) in [5.41, 5.74) is 16.3. The minimum atomic E-state index is -0.247. The van der Waals surface area contributed by atoms with Crippen LogP contribution in [0.25, 0.3) is 38.8 Å². The van der Waals surface area contributed by atoms with E-state index in [1.54, 1.807) is 0 Å². The molecule has 5 heteroatoms. The molecule has 0 fully saturated rings. The molecule has 6 aromatic rings. The Morgan fingerprint density at radius 3 is 2.09 bits per heavy atom. The second-order valence-corrected chi connectivity index (χ2v) is 19.1. The summed E-state index contributed by atoms with van der Waals surface area (Å²) in [6.07, 6.45) is 1.99. The van der Waals surface area contributed by atoms with Crippen molar-refractivity contribution in [1.29, 1.82) is 0 Å². The number of aryl methyl sites for hydroxylation is 5. The zero-order valence-corrected chi connectivity index (χ0v) is 36.0. The van der Waals surface area contributed by atoms with Crippen molar-refractivity contribution in [1.82, 2.24) is 9.55 Å². The van der Waals surface area contributed by atoms with Gasteiger partial charge in [0, 0.05) is 34.0 Å². The van der Waals surface area contributed by atoms with Gasteiger partial charge >= 0.3 is 0 Å². The van der Waals surface area contributed by atoms with Crippen molar-refractivity contribution in [2.24, 2.45) is 22.7 Å². The van der Waals surface area contributed by atoms with Crippen LogP contribution >= 0.6 is 0 Å². The molecule has 290 valence electrons. The molecule has 4 heterocycles. The molecule has 0 N–H and O–H groups in total. The average Bonchev–Trinajstić information content (AvgIpc) is 3.70. The average molecular weight is 746 g/mol. The number of aliphatic imine (C=N–C) groups is 1. The third kappa shape index (κ3) is 6.22. The standard InChI is InChI=1S/C51H59N3O2/c1-27(2)45(28(3)4)42-26-55-49(53-42)35-19-34(46-32(8)15-29(5)16-33(46)9)20-37(21-35)56-44-24-43-40(18-31(44)7)51(13,14)41-23-36(50(10,11)12)22-38-39-17-30(6)25-52-48(39)54(43)47(38)41/h15-25,27-28,42,45H,26H2,1-14H3/t42-/m0/s1. The molecule has 2 aromatic heterocycles. The van der Waals surface area contributed by atoms with Crippen LogP contribution in [0.5, 0.6) is 11.5 Å². The Bertz CT molecular complexity index is 2560. The molecule has 2 aliphatic rings. The van der Waals surface area contributed by atoms with Gasteiger partial charge in [-0.1, -0.05) is 86.1 Å². The van der Waals surface area contributed by atoms with Gasteiger partial charge in [0.05, 0.1) is 17.2 Å². The second kappa shape index (κ2) is 13.4. The number of fused-ring (bicyclic) bond motifs is 5. The van der Waals surface area contributed by atoms with E-state index in [9.17, 15) is 0 Å². The quantitative estimate of drug-likeness (QED) is 0.163. The fraction of sp³-hybridized carbons (Fsp3) is 0.412. The smallest absolute Gasteiger partial charge is 0.216 e. The van der Waals surface area contributed by atoms with Crippen LogP contribution in [-0.4, -0.2) is 28.1 Å². The Hall–Kier alpha value is -4.90. The van der Waals surface area contributed by atoms with Crippen LogP contribution < -0.4 is 4.74 Å². The number of rotatable bonds is 7. The van der Waals surface area contributed by atoms with E-state index < -0.39 is 0 Å². The van der Waals surface area contributed by atoms with Gasteiger partial charge in [-0.2, -0.15) is 0 Å². The Morgan fingerprint density at radius 2 is 1.43 bits per heavy atom. The topological polar surface area (TPSA) is 48.6 Å². The third-order valence-corrected chi connectivity index (χ3v) is 12.6. The van der Waals surface area contributed by atoms with Gasteiger partial charge in [-0.05, 0) is 144 Å². The van der Waals surface area contributed by atoms with Gasteiger partial charge in [-0.25, -0.2) is 9.98 Å². The molecule has 56 heavy (non-hydrogen) atoms. The molecule has 0 aliphatic carbocycles. The molecule has 8 rings (SSSR count). The maximum absolute atomic E-state index is 7.07. The zero-order chi connectivity index (χ0) is 40.2. The van der Waals surface area contributed by atoms with Crippen LogP contribution in [0.3, 0.4) is 0 Å². The van der Waals surface area contributed by atoms with E-state index in [-0.39, 0.29) is 16.9 Å². The maximum atomic E-state index is 7.07. The fourth-order valence-electron chi connectivity index (χ4n) is 9.98. The molecule has 0 spiro atoms. The largest absolute Gasteiger partial charge is 0.475 e. The first-order valence-electron chi connectivity index (χ1n) is 20.6. The number of hydrogen-bond acceptors (Lipinski definition) is 4. The van der Waals surface area contributed by atoms with Gasteiger partial charge in [-0.15, -0.1) is 0 Å². The van der Waals surface area contributed by atoms with Crippen molar-refractivity contribution >= 4 is 27.8 Å². The highest BCUT2D eigenvalue weighted by Crippen LogP contribution is 2.50. The predicted molar refractivity (Wildman–Crippen MR) is 234 cm³/mol. The van der Waals surface area contributed by atoms with Crippen LogP contribution in [0.2, 0.25) is 0 Å². The molecule has 0 radical (unpaired) electrons.